The third-order valence-corrected chi connectivity index (χ3v) is 5.73. The maximum atomic E-state index is 13.3. The summed E-state index contributed by atoms with van der Waals surface area (Å²) in [6.07, 6.45) is 2.99. The number of hydrogen-bond acceptors (Lipinski definition) is 3. The van der Waals surface area contributed by atoms with Gasteiger partial charge in [0, 0.05) is 53.7 Å². The normalized spacial score (nSPS) is 16.2. The van der Waals surface area contributed by atoms with E-state index in [9.17, 15) is 13.6 Å². The number of aromatic amines is 1. The largest absolute Gasteiger partial charge is 0.359 e. The predicted octanol–water partition coefficient (Wildman–Crippen LogP) is 5.40. The van der Waals surface area contributed by atoms with Crippen LogP contribution in [0.4, 0.5) is 20.3 Å². The quantitative estimate of drug-likeness (QED) is 0.523. The Hall–Kier alpha value is -2.19. The molecule has 5 nitrogen and oxygen atoms in total. The summed E-state index contributed by atoms with van der Waals surface area (Å²) in [5, 5.41) is 4.15. The van der Waals surface area contributed by atoms with E-state index >= 15 is 0 Å². The van der Waals surface area contributed by atoms with Crippen LogP contribution in [-0.4, -0.2) is 34.9 Å². The summed E-state index contributed by atoms with van der Waals surface area (Å²) in [7, 11) is 0. The molecule has 0 unspecified atom stereocenters. The van der Waals surface area contributed by atoms with Crippen LogP contribution in [0.3, 0.4) is 0 Å². The predicted molar refractivity (Wildman–Crippen MR) is 114 cm³/mol. The maximum Gasteiger partial charge on any atom is 0.251 e. The van der Waals surface area contributed by atoms with Crippen LogP contribution < -0.4 is 10.2 Å². The summed E-state index contributed by atoms with van der Waals surface area (Å²) in [6, 6.07) is 7.44. The fourth-order valence-electron chi connectivity index (χ4n) is 3.42. The zero-order chi connectivity index (χ0) is 20.6. The fourth-order valence-corrected chi connectivity index (χ4v) is 4.09. The maximum absolute atomic E-state index is 13.3. The third kappa shape index (κ3) is 4.53. The Bertz CT molecular complexity index is 1060. The number of nitrogens with one attached hydrogen (secondary N) is 2. The van der Waals surface area contributed by atoms with Gasteiger partial charge in [-0.25, -0.2) is 13.8 Å². The second kappa shape index (κ2) is 7.91. The number of carbonyl (C=O) groups is 1. The van der Waals surface area contributed by atoms with Gasteiger partial charge in [-0.1, -0.05) is 27.5 Å². The van der Waals surface area contributed by atoms with Crippen molar-refractivity contribution in [3.05, 3.63) is 51.7 Å². The van der Waals surface area contributed by atoms with Crippen molar-refractivity contribution in [2.24, 2.45) is 0 Å². The second-order valence-corrected chi connectivity index (χ2v) is 8.43. The van der Waals surface area contributed by atoms with Gasteiger partial charge >= 0.3 is 0 Å². The summed E-state index contributed by atoms with van der Waals surface area (Å²) < 4.78 is 27.6. The van der Waals surface area contributed by atoms with Gasteiger partial charge in [-0.3, -0.25) is 4.79 Å². The standard InChI is InChI=1S/C20H18BrClF2N4O/c21-13-1-2-16-14(9-13)17(11-25-16)27-18(29)8-12-7-15(22)19(26-10-12)28-5-3-20(23,24)4-6-28/h1-2,7,9-11,25H,3-6,8H2,(H,27,29). The summed E-state index contributed by atoms with van der Waals surface area (Å²) in [5.74, 6) is -2.35. The highest BCUT2D eigenvalue weighted by atomic mass is 79.9. The van der Waals surface area contributed by atoms with Crippen LogP contribution in [0.15, 0.2) is 41.1 Å². The monoisotopic (exact) mass is 482 g/mol. The number of rotatable bonds is 4. The minimum absolute atomic E-state index is 0.103. The van der Waals surface area contributed by atoms with E-state index in [2.05, 4.69) is 31.2 Å². The van der Waals surface area contributed by atoms with Crippen molar-refractivity contribution in [1.29, 1.82) is 0 Å². The molecular formula is C20H18BrClF2N4O. The molecule has 152 valence electrons. The number of anilines is 2. The number of halogens is 4. The molecule has 0 radical (unpaired) electrons. The first kappa shape index (κ1) is 20.1. The van der Waals surface area contributed by atoms with Crippen molar-refractivity contribution >= 4 is 55.8 Å². The Labute approximate surface area is 179 Å². The van der Waals surface area contributed by atoms with Gasteiger partial charge < -0.3 is 15.2 Å². The Kier molecular flexibility index (Phi) is 5.48. The van der Waals surface area contributed by atoms with Gasteiger partial charge in [0.2, 0.25) is 5.91 Å². The number of carbonyl (C=O) groups excluding carboxylic acids is 1. The summed E-state index contributed by atoms with van der Waals surface area (Å²) in [6.45, 7) is 0.408. The van der Waals surface area contributed by atoms with Crippen molar-refractivity contribution in [1.82, 2.24) is 9.97 Å². The molecule has 1 aliphatic heterocycles. The molecule has 0 bridgehead atoms. The number of alkyl halides is 2. The second-order valence-electron chi connectivity index (χ2n) is 7.11. The first-order valence-electron chi connectivity index (χ1n) is 9.14. The zero-order valence-electron chi connectivity index (χ0n) is 15.3. The van der Waals surface area contributed by atoms with Crippen LogP contribution in [0.5, 0.6) is 0 Å². The van der Waals surface area contributed by atoms with E-state index in [1.165, 1.54) is 0 Å². The first-order chi connectivity index (χ1) is 13.8. The number of hydrogen-bond donors (Lipinski definition) is 2. The number of fused-ring (bicyclic) bond motifs is 1. The molecule has 0 spiro atoms. The van der Waals surface area contributed by atoms with E-state index in [1.807, 2.05) is 18.2 Å². The Morgan fingerprint density at radius 3 is 2.79 bits per heavy atom. The number of nitrogens with zero attached hydrogens (tertiary/aromatic N) is 2. The molecular weight excluding hydrogens is 466 g/mol. The minimum Gasteiger partial charge on any atom is -0.359 e. The number of H-pyrrole nitrogens is 1. The summed E-state index contributed by atoms with van der Waals surface area (Å²) >= 11 is 9.75. The van der Waals surface area contributed by atoms with Gasteiger partial charge in [0.05, 0.1) is 17.1 Å². The average molecular weight is 484 g/mol. The van der Waals surface area contributed by atoms with Crippen molar-refractivity contribution in [2.45, 2.75) is 25.2 Å². The summed E-state index contributed by atoms with van der Waals surface area (Å²) in [4.78, 5) is 21.7. The molecule has 29 heavy (non-hydrogen) atoms. The van der Waals surface area contributed by atoms with Crippen LogP contribution in [-0.2, 0) is 11.2 Å². The SMILES string of the molecule is O=C(Cc1cnc(N2CCC(F)(F)CC2)c(Cl)c1)Nc1c[nH]c2ccc(Br)cc12. The molecule has 0 saturated carbocycles. The molecule has 4 rings (SSSR count). The Balaban J connectivity index is 1.43. The van der Waals surface area contributed by atoms with Crippen molar-refractivity contribution in [2.75, 3.05) is 23.3 Å². The topological polar surface area (TPSA) is 61.0 Å². The molecule has 1 aliphatic rings. The lowest BCUT2D eigenvalue weighted by Crippen LogP contribution is -2.39. The van der Waals surface area contributed by atoms with Crippen molar-refractivity contribution in [3.8, 4) is 0 Å². The third-order valence-electron chi connectivity index (χ3n) is 4.96. The summed E-state index contributed by atoms with van der Waals surface area (Å²) in [5.41, 5.74) is 2.26. The number of aromatic nitrogens is 2. The molecule has 1 fully saturated rings. The zero-order valence-corrected chi connectivity index (χ0v) is 17.7. The van der Waals surface area contributed by atoms with Crippen LogP contribution in [0.2, 0.25) is 5.02 Å². The number of piperidine rings is 1. The van der Waals surface area contributed by atoms with Gasteiger partial charge in [0.1, 0.15) is 5.82 Å². The Morgan fingerprint density at radius 2 is 2.07 bits per heavy atom. The Morgan fingerprint density at radius 1 is 1.31 bits per heavy atom. The van der Waals surface area contributed by atoms with E-state index in [1.54, 1.807) is 23.4 Å². The van der Waals surface area contributed by atoms with E-state index in [0.717, 1.165) is 15.4 Å². The van der Waals surface area contributed by atoms with Gasteiger partial charge in [-0.15, -0.1) is 0 Å². The highest BCUT2D eigenvalue weighted by Crippen LogP contribution is 2.33. The van der Waals surface area contributed by atoms with Gasteiger partial charge in [-0.05, 0) is 29.8 Å². The van der Waals surface area contributed by atoms with E-state index in [-0.39, 0.29) is 38.3 Å². The molecule has 9 heteroatoms. The minimum atomic E-state index is -2.63. The highest BCUT2D eigenvalue weighted by molar-refractivity contribution is 9.10. The molecule has 1 saturated heterocycles. The average Bonchev–Trinajstić information content (AvgIpc) is 3.04. The van der Waals surface area contributed by atoms with E-state index < -0.39 is 5.92 Å². The number of pyridine rings is 1. The van der Waals surface area contributed by atoms with Gasteiger partial charge in [0.25, 0.3) is 5.92 Å². The molecule has 3 heterocycles. The lowest BCUT2D eigenvalue weighted by atomic mass is 10.1. The lowest BCUT2D eigenvalue weighted by Gasteiger charge is -2.33. The van der Waals surface area contributed by atoms with E-state index in [4.69, 9.17) is 11.6 Å². The number of benzene rings is 1. The van der Waals surface area contributed by atoms with Crippen molar-refractivity contribution in [3.63, 3.8) is 0 Å². The van der Waals surface area contributed by atoms with Gasteiger partial charge in [0.15, 0.2) is 0 Å². The molecule has 0 aliphatic carbocycles. The van der Waals surface area contributed by atoms with Crippen LogP contribution in [0.25, 0.3) is 10.9 Å². The van der Waals surface area contributed by atoms with Gasteiger partial charge in [-0.2, -0.15) is 0 Å². The molecule has 2 aromatic heterocycles. The highest BCUT2D eigenvalue weighted by Gasteiger charge is 2.34. The molecule has 1 amide bonds. The van der Waals surface area contributed by atoms with Crippen LogP contribution >= 0.6 is 27.5 Å². The van der Waals surface area contributed by atoms with Crippen molar-refractivity contribution < 1.29 is 13.6 Å². The molecule has 3 aromatic rings. The molecule has 0 atom stereocenters. The first-order valence-corrected chi connectivity index (χ1v) is 10.3. The van der Waals surface area contributed by atoms with Crippen LogP contribution in [0, 0.1) is 0 Å². The lowest BCUT2D eigenvalue weighted by molar-refractivity contribution is -0.115. The van der Waals surface area contributed by atoms with E-state index in [0.29, 0.717) is 22.1 Å². The fraction of sp³-hybridized carbons (Fsp3) is 0.300. The molecule has 1 aromatic carbocycles. The van der Waals surface area contributed by atoms with Crippen LogP contribution in [0.1, 0.15) is 18.4 Å². The smallest absolute Gasteiger partial charge is 0.251 e. The number of amides is 1. The molecule has 2 N–H and O–H groups in total.